The van der Waals surface area contributed by atoms with Crippen molar-refractivity contribution in [1.82, 2.24) is 14.8 Å². The Bertz CT molecular complexity index is 837. The van der Waals surface area contributed by atoms with Crippen LogP contribution in [0.3, 0.4) is 0 Å². The average molecular weight is 369 g/mol. The fourth-order valence-electron chi connectivity index (χ4n) is 2.46. The first-order valence-electron chi connectivity index (χ1n) is 8.36. The molecule has 0 saturated heterocycles. The molecule has 7 heteroatoms. The lowest BCUT2D eigenvalue weighted by Gasteiger charge is -2.22. The number of thioether (sulfide) groups is 1. The van der Waals surface area contributed by atoms with Crippen LogP contribution in [0.5, 0.6) is 0 Å². The number of benzene rings is 1. The van der Waals surface area contributed by atoms with E-state index in [4.69, 9.17) is 5.26 Å². The topological polar surface area (TPSA) is 74.8 Å². The van der Waals surface area contributed by atoms with Crippen LogP contribution >= 0.6 is 11.8 Å². The van der Waals surface area contributed by atoms with Crippen LogP contribution in [-0.4, -0.2) is 33.0 Å². The van der Waals surface area contributed by atoms with Gasteiger partial charge >= 0.3 is 0 Å². The second-order valence-electron chi connectivity index (χ2n) is 5.94. The van der Waals surface area contributed by atoms with Crippen LogP contribution in [0.2, 0.25) is 0 Å². The summed E-state index contributed by atoms with van der Waals surface area (Å²) in [5.41, 5.74) is 3.10. The third-order valence-electron chi connectivity index (χ3n) is 4.09. The molecule has 0 aliphatic heterocycles. The van der Waals surface area contributed by atoms with Gasteiger partial charge in [0.1, 0.15) is 5.82 Å². The van der Waals surface area contributed by atoms with E-state index in [1.807, 2.05) is 43.5 Å². The van der Waals surface area contributed by atoms with Crippen LogP contribution in [0.1, 0.15) is 23.4 Å². The number of rotatable bonds is 8. The molecule has 0 aliphatic rings. The van der Waals surface area contributed by atoms with Gasteiger partial charge in [-0.05, 0) is 44.0 Å². The maximum Gasteiger partial charge on any atom is 0.237 e. The second-order valence-corrected chi connectivity index (χ2v) is 6.88. The Morgan fingerprint density at radius 1 is 1.35 bits per heavy atom. The van der Waals surface area contributed by atoms with E-state index >= 15 is 0 Å². The zero-order valence-electron chi connectivity index (χ0n) is 15.4. The fraction of sp³-hybridized carbons (Fsp3) is 0.368. The molecular formula is C19H23N5OS. The van der Waals surface area contributed by atoms with Gasteiger partial charge in [-0.25, -0.2) is 0 Å². The van der Waals surface area contributed by atoms with Crippen LogP contribution < -0.4 is 4.90 Å². The van der Waals surface area contributed by atoms with Crippen LogP contribution in [0.15, 0.2) is 36.0 Å². The third-order valence-corrected chi connectivity index (χ3v) is 5.04. The van der Waals surface area contributed by atoms with Crippen molar-refractivity contribution in [2.24, 2.45) is 0 Å². The molecule has 6 nitrogen and oxygen atoms in total. The number of aromatic nitrogens is 3. The summed E-state index contributed by atoms with van der Waals surface area (Å²) in [5, 5.41) is 17.8. The lowest BCUT2D eigenvalue weighted by atomic mass is 10.1. The molecule has 0 bridgehead atoms. The Morgan fingerprint density at radius 2 is 2.12 bits per heavy atom. The van der Waals surface area contributed by atoms with E-state index in [9.17, 15) is 4.79 Å². The lowest BCUT2D eigenvalue weighted by molar-refractivity contribution is -0.116. The number of nitriles is 1. The van der Waals surface area contributed by atoms with Crippen molar-refractivity contribution in [2.45, 2.75) is 38.9 Å². The molecule has 0 spiro atoms. The minimum atomic E-state index is -0.0562. The van der Waals surface area contributed by atoms with Gasteiger partial charge in [0.25, 0.3) is 0 Å². The first kappa shape index (κ1) is 19.7. The smallest absolute Gasteiger partial charge is 0.237 e. The number of amides is 1. The summed E-state index contributed by atoms with van der Waals surface area (Å²) in [6.45, 7) is 10.6. The molecule has 0 atom stereocenters. The van der Waals surface area contributed by atoms with E-state index in [2.05, 4.69) is 22.8 Å². The normalized spacial score (nSPS) is 10.4. The van der Waals surface area contributed by atoms with Gasteiger partial charge in [0.15, 0.2) is 5.16 Å². The summed E-state index contributed by atoms with van der Waals surface area (Å²) >= 11 is 1.35. The largest absolute Gasteiger partial charge is 0.311 e. The second kappa shape index (κ2) is 9.20. The van der Waals surface area contributed by atoms with Crippen LogP contribution in [0.4, 0.5) is 5.69 Å². The summed E-state index contributed by atoms with van der Waals surface area (Å²) in [4.78, 5) is 14.5. The lowest BCUT2D eigenvalue weighted by Crippen LogP contribution is -2.33. The van der Waals surface area contributed by atoms with Crippen LogP contribution in [-0.2, 0) is 11.3 Å². The molecular weight excluding hydrogens is 346 g/mol. The van der Waals surface area contributed by atoms with E-state index in [1.54, 1.807) is 11.0 Å². The molecule has 1 aromatic heterocycles. The van der Waals surface area contributed by atoms with Crippen molar-refractivity contribution in [3.63, 3.8) is 0 Å². The van der Waals surface area contributed by atoms with Crippen molar-refractivity contribution in [2.75, 3.05) is 17.2 Å². The van der Waals surface area contributed by atoms with E-state index in [0.717, 1.165) is 17.1 Å². The number of aryl methyl sites for hydroxylation is 3. The number of nitrogens with zero attached hydrogens (tertiary/aromatic N) is 5. The maximum atomic E-state index is 12.8. The van der Waals surface area contributed by atoms with E-state index in [1.165, 1.54) is 17.3 Å². The van der Waals surface area contributed by atoms with Gasteiger partial charge in [0.05, 0.1) is 18.2 Å². The van der Waals surface area contributed by atoms with E-state index in [-0.39, 0.29) is 18.1 Å². The van der Waals surface area contributed by atoms with E-state index in [0.29, 0.717) is 18.2 Å². The molecule has 136 valence electrons. The minimum Gasteiger partial charge on any atom is -0.311 e. The standard InChI is InChI=1S/C19H23N5OS/c1-5-10-23-16(4)21-22-19(23)26-13-18(25)24(11-6-9-20)17-8-7-14(2)15(3)12-17/h5,7-8,12H,1,6,10-11,13H2,2-4H3. The van der Waals surface area contributed by atoms with Crippen LogP contribution in [0, 0.1) is 32.1 Å². The molecule has 0 fully saturated rings. The van der Waals surface area contributed by atoms with Gasteiger partial charge in [0.2, 0.25) is 5.91 Å². The van der Waals surface area contributed by atoms with Crippen molar-refractivity contribution in [3.05, 3.63) is 47.8 Å². The molecule has 0 N–H and O–H groups in total. The molecule has 1 heterocycles. The molecule has 0 aliphatic carbocycles. The summed E-state index contributed by atoms with van der Waals surface area (Å²) in [5.74, 6) is 0.961. The molecule has 0 unspecified atom stereocenters. The number of anilines is 1. The van der Waals surface area contributed by atoms with Crippen molar-refractivity contribution >= 4 is 23.4 Å². The first-order valence-corrected chi connectivity index (χ1v) is 9.34. The summed E-state index contributed by atoms with van der Waals surface area (Å²) in [6.07, 6.45) is 2.06. The number of carbonyl (C=O) groups excluding carboxylic acids is 1. The van der Waals surface area contributed by atoms with Gasteiger partial charge in [-0.1, -0.05) is 23.9 Å². The Hall–Kier alpha value is -2.59. The number of hydrogen-bond donors (Lipinski definition) is 0. The zero-order chi connectivity index (χ0) is 19.1. The SMILES string of the molecule is C=CCn1c(C)nnc1SCC(=O)N(CCC#N)c1ccc(C)c(C)c1. The highest BCUT2D eigenvalue weighted by molar-refractivity contribution is 7.99. The van der Waals surface area contributed by atoms with Gasteiger partial charge in [-0.2, -0.15) is 5.26 Å². The maximum absolute atomic E-state index is 12.8. The molecule has 0 radical (unpaired) electrons. The Labute approximate surface area is 158 Å². The molecule has 1 amide bonds. The highest BCUT2D eigenvalue weighted by Crippen LogP contribution is 2.22. The zero-order valence-corrected chi connectivity index (χ0v) is 16.2. The van der Waals surface area contributed by atoms with Crippen molar-refractivity contribution in [1.29, 1.82) is 5.26 Å². The van der Waals surface area contributed by atoms with Gasteiger partial charge in [0, 0.05) is 18.8 Å². The molecule has 26 heavy (non-hydrogen) atoms. The van der Waals surface area contributed by atoms with Crippen molar-refractivity contribution in [3.8, 4) is 6.07 Å². The predicted molar refractivity (Wildman–Crippen MR) is 104 cm³/mol. The fourth-order valence-corrected chi connectivity index (χ4v) is 3.33. The summed E-state index contributed by atoms with van der Waals surface area (Å²) in [7, 11) is 0. The molecule has 2 aromatic rings. The van der Waals surface area contributed by atoms with E-state index < -0.39 is 0 Å². The number of carbonyl (C=O) groups is 1. The first-order chi connectivity index (χ1) is 12.5. The predicted octanol–water partition coefficient (Wildman–Crippen LogP) is 3.43. The Kier molecular flexibility index (Phi) is 6.98. The molecule has 1 aromatic carbocycles. The highest BCUT2D eigenvalue weighted by Gasteiger charge is 2.18. The van der Waals surface area contributed by atoms with Crippen molar-refractivity contribution < 1.29 is 4.79 Å². The quantitative estimate of drug-likeness (QED) is 0.526. The number of allylic oxidation sites excluding steroid dienone is 1. The average Bonchev–Trinajstić information content (AvgIpc) is 2.97. The summed E-state index contributed by atoms with van der Waals surface area (Å²) < 4.78 is 1.92. The minimum absolute atomic E-state index is 0.0562. The monoisotopic (exact) mass is 369 g/mol. The van der Waals surface area contributed by atoms with Crippen LogP contribution in [0.25, 0.3) is 0 Å². The third kappa shape index (κ3) is 4.73. The van der Waals surface area contributed by atoms with Gasteiger partial charge in [-0.15, -0.1) is 16.8 Å². The van der Waals surface area contributed by atoms with Gasteiger partial charge < -0.3 is 9.47 Å². The van der Waals surface area contributed by atoms with Gasteiger partial charge in [-0.3, -0.25) is 4.79 Å². The molecule has 0 saturated carbocycles. The molecule has 2 rings (SSSR count). The highest BCUT2D eigenvalue weighted by atomic mass is 32.2. The summed E-state index contributed by atoms with van der Waals surface area (Å²) in [6, 6.07) is 8.02. The Balaban J connectivity index is 2.15. The number of hydrogen-bond acceptors (Lipinski definition) is 5. The Morgan fingerprint density at radius 3 is 2.77 bits per heavy atom.